The van der Waals surface area contributed by atoms with Crippen molar-refractivity contribution >= 4 is 33.1 Å². The molecule has 0 unspecified atom stereocenters. The summed E-state index contributed by atoms with van der Waals surface area (Å²) < 4.78 is 45.9. The summed E-state index contributed by atoms with van der Waals surface area (Å²) in [7, 11) is -3.92. The van der Waals surface area contributed by atoms with Gasteiger partial charge in [-0.15, -0.1) is 0 Å². The summed E-state index contributed by atoms with van der Waals surface area (Å²) in [5.41, 5.74) is -0.781. The highest BCUT2D eigenvalue weighted by molar-refractivity contribution is 7.92. The van der Waals surface area contributed by atoms with Crippen molar-refractivity contribution in [1.29, 1.82) is 0 Å². The van der Waals surface area contributed by atoms with Gasteiger partial charge in [0.1, 0.15) is 17.3 Å². The van der Waals surface area contributed by atoms with E-state index in [4.69, 9.17) is 13.9 Å². The van der Waals surface area contributed by atoms with Crippen LogP contribution >= 0.6 is 0 Å². The highest BCUT2D eigenvalue weighted by Crippen LogP contribution is 2.64. The molecular formula is C25H32N2O7S. The Kier molecular flexibility index (Phi) is 6.61. The zero-order valence-corrected chi connectivity index (χ0v) is 21.3. The van der Waals surface area contributed by atoms with Crippen molar-refractivity contribution in [3.8, 4) is 11.5 Å². The van der Waals surface area contributed by atoms with E-state index in [1.807, 2.05) is 13.8 Å². The zero-order chi connectivity index (χ0) is 25.4. The topological polar surface area (TPSA) is 124 Å². The molecule has 2 aromatic rings. The molecule has 10 heteroatoms. The van der Waals surface area contributed by atoms with Crippen molar-refractivity contribution in [2.75, 3.05) is 29.0 Å². The molecule has 4 rings (SSSR count). The predicted molar refractivity (Wildman–Crippen MR) is 131 cm³/mol. The molecule has 190 valence electrons. The Bertz CT molecular complexity index is 1220. The van der Waals surface area contributed by atoms with Crippen LogP contribution in [0.4, 0.5) is 11.4 Å². The molecule has 2 bridgehead atoms. The molecule has 2 fully saturated rings. The van der Waals surface area contributed by atoms with Crippen molar-refractivity contribution < 1.29 is 31.9 Å². The lowest BCUT2D eigenvalue weighted by Crippen LogP contribution is -2.43. The molecule has 1 aromatic carbocycles. The summed E-state index contributed by atoms with van der Waals surface area (Å²) >= 11 is 0. The number of ether oxygens (including phenoxy) is 2. The van der Waals surface area contributed by atoms with E-state index in [1.165, 1.54) is 24.5 Å². The fraction of sp³-hybridized carbons (Fsp3) is 0.520. The molecule has 1 heterocycles. The minimum absolute atomic E-state index is 0.0279. The van der Waals surface area contributed by atoms with Crippen LogP contribution < -0.4 is 19.5 Å². The van der Waals surface area contributed by atoms with Crippen molar-refractivity contribution in [2.24, 2.45) is 16.7 Å². The Labute approximate surface area is 205 Å². The van der Waals surface area contributed by atoms with Crippen LogP contribution in [0.15, 0.2) is 34.9 Å². The van der Waals surface area contributed by atoms with Crippen LogP contribution in [0.5, 0.6) is 11.5 Å². The Morgan fingerprint density at radius 2 is 1.80 bits per heavy atom. The third-order valence-electron chi connectivity index (χ3n) is 7.52. The molecule has 35 heavy (non-hydrogen) atoms. The monoisotopic (exact) mass is 504 g/mol. The Morgan fingerprint density at radius 3 is 2.34 bits per heavy atom. The van der Waals surface area contributed by atoms with E-state index in [0.29, 0.717) is 18.5 Å². The van der Waals surface area contributed by atoms with Crippen molar-refractivity contribution in [2.45, 2.75) is 47.0 Å². The summed E-state index contributed by atoms with van der Waals surface area (Å²) in [6.45, 7) is 8.11. The molecule has 1 aromatic heterocycles. The number of fused-ring (bicyclic) bond motifs is 2. The first-order chi connectivity index (χ1) is 16.5. The summed E-state index contributed by atoms with van der Waals surface area (Å²) in [5, 5.41) is 2.72. The molecule has 2 saturated carbocycles. The lowest BCUT2D eigenvalue weighted by molar-refractivity contribution is -0.128. The number of amides is 1. The maximum absolute atomic E-state index is 13.4. The number of nitrogens with one attached hydrogen (secondary N) is 2. The average Bonchev–Trinajstić information content (AvgIpc) is 3.44. The molecule has 0 saturated heterocycles. The van der Waals surface area contributed by atoms with Gasteiger partial charge >= 0.3 is 0 Å². The molecule has 2 N–H and O–H groups in total. The van der Waals surface area contributed by atoms with Gasteiger partial charge in [-0.25, -0.2) is 8.42 Å². The molecule has 0 aliphatic heterocycles. The smallest absolute Gasteiger partial charge is 0.291 e. The third kappa shape index (κ3) is 4.51. The van der Waals surface area contributed by atoms with Crippen molar-refractivity contribution in [1.82, 2.24) is 0 Å². The first-order valence-electron chi connectivity index (χ1n) is 11.8. The van der Waals surface area contributed by atoms with Gasteiger partial charge in [0.2, 0.25) is 10.0 Å². The number of carbonyl (C=O) groups is 2. The normalized spacial score (nSPS) is 22.7. The largest absolute Gasteiger partial charge is 0.492 e. The number of benzene rings is 1. The van der Waals surface area contributed by atoms with Crippen LogP contribution in [0.1, 0.15) is 57.5 Å². The number of hydrogen-bond donors (Lipinski definition) is 2. The lowest BCUT2D eigenvalue weighted by atomic mass is 9.70. The minimum Gasteiger partial charge on any atom is -0.492 e. The molecule has 2 atom stereocenters. The van der Waals surface area contributed by atoms with Gasteiger partial charge in [0, 0.05) is 18.6 Å². The number of furan rings is 1. The van der Waals surface area contributed by atoms with Crippen molar-refractivity contribution in [3.63, 3.8) is 0 Å². The number of sulfonamides is 1. The van der Waals surface area contributed by atoms with E-state index in [0.717, 1.165) is 6.42 Å². The maximum atomic E-state index is 13.4. The molecule has 2 aliphatic rings. The molecule has 0 spiro atoms. The van der Waals surface area contributed by atoms with Gasteiger partial charge in [-0.1, -0.05) is 13.8 Å². The number of carbonyl (C=O) groups excluding carboxylic acids is 2. The van der Waals surface area contributed by atoms with Crippen LogP contribution in [0.25, 0.3) is 0 Å². The van der Waals surface area contributed by atoms with E-state index in [-0.39, 0.29) is 59.0 Å². The Hall–Kier alpha value is -3.01. The quantitative estimate of drug-likeness (QED) is 0.489. The van der Waals surface area contributed by atoms with Gasteiger partial charge < -0.3 is 19.2 Å². The SMILES string of the molecule is CCOc1cc(NS(=O)(=O)C[C@@]23CC[C@@H](CC2=O)C3(C)C)c(OCC)cc1NC(=O)c1ccco1. The van der Waals surface area contributed by atoms with Crippen molar-refractivity contribution in [3.05, 3.63) is 36.3 Å². The number of hydrogen-bond acceptors (Lipinski definition) is 7. The van der Waals surface area contributed by atoms with Gasteiger partial charge in [0.15, 0.2) is 5.76 Å². The second-order valence-electron chi connectivity index (χ2n) is 9.67. The van der Waals surface area contributed by atoms with E-state index < -0.39 is 21.3 Å². The van der Waals surface area contributed by atoms with Crippen LogP contribution in [0.3, 0.4) is 0 Å². The molecule has 9 nitrogen and oxygen atoms in total. The Balaban J connectivity index is 1.65. The van der Waals surface area contributed by atoms with E-state index >= 15 is 0 Å². The fourth-order valence-corrected chi connectivity index (χ4v) is 7.41. The van der Waals surface area contributed by atoms with Gasteiger partial charge in [-0.2, -0.15) is 0 Å². The van der Waals surface area contributed by atoms with Gasteiger partial charge in [-0.3, -0.25) is 14.3 Å². The Morgan fingerprint density at radius 1 is 1.14 bits per heavy atom. The van der Waals surface area contributed by atoms with Crippen LogP contribution in [-0.4, -0.2) is 39.1 Å². The third-order valence-corrected chi connectivity index (χ3v) is 8.92. The van der Waals surface area contributed by atoms with E-state index in [1.54, 1.807) is 19.9 Å². The van der Waals surface area contributed by atoms with Gasteiger partial charge in [0.05, 0.1) is 42.0 Å². The van der Waals surface area contributed by atoms with Crippen LogP contribution in [0.2, 0.25) is 0 Å². The molecule has 1 amide bonds. The molecular weight excluding hydrogens is 472 g/mol. The first kappa shape index (κ1) is 25.1. The summed E-state index contributed by atoms with van der Waals surface area (Å²) in [4.78, 5) is 25.4. The minimum atomic E-state index is -3.92. The molecule has 2 aliphatic carbocycles. The zero-order valence-electron chi connectivity index (χ0n) is 20.5. The highest BCUT2D eigenvalue weighted by atomic mass is 32.2. The summed E-state index contributed by atoms with van der Waals surface area (Å²) in [6.07, 6.45) is 3.26. The highest BCUT2D eigenvalue weighted by Gasteiger charge is 2.65. The second-order valence-corrected chi connectivity index (χ2v) is 11.4. The van der Waals surface area contributed by atoms with E-state index in [2.05, 4.69) is 10.0 Å². The lowest BCUT2D eigenvalue weighted by Gasteiger charge is -2.36. The van der Waals surface area contributed by atoms with Gasteiger partial charge in [0.25, 0.3) is 5.91 Å². The summed E-state index contributed by atoms with van der Waals surface area (Å²) in [6, 6.07) is 6.13. The molecule has 0 radical (unpaired) electrons. The number of ketones is 1. The number of rotatable bonds is 10. The standard InChI is InChI=1S/C25H32N2O7S/c1-5-32-20-14-18(21(33-6-2)13-17(20)26-23(29)19-8-7-11-34-19)27-35(30,31)15-25-10-9-16(12-22(25)28)24(25,3)4/h7-8,11,13-14,16,27H,5-6,9-10,12,15H2,1-4H3,(H,26,29)/t16-,25-/m0/s1. The number of anilines is 2. The van der Waals surface area contributed by atoms with Gasteiger partial charge in [-0.05, 0) is 50.2 Å². The van der Waals surface area contributed by atoms with E-state index in [9.17, 15) is 18.0 Å². The van der Waals surface area contributed by atoms with Crippen LogP contribution in [0, 0.1) is 16.7 Å². The average molecular weight is 505 g/mol. The summed E-state index contributed by atoms with van der Waals surface area (Å²) in [5.74, 6) is 0.0928. The maximum Gasteiger partial charge on any atom is 0.291 e. The first-order valence-corrected chi connectivity index (χ1v) is 13.5. The number of Topliss-reactive ketones (excluding diaryl/α,β-unsaturated/α-hetero) is 1. The second kappa shape index (κ2) is 9.22. The predicted octanol–water partition coefficient (Wildman–Crippen LogP) is 4.47. The fourth-order valence-electron chi connectivity index (χ4n) is 5.52. The van der Waals surface area contributed by atoms with Crippen LogP contribution in [-0.2, 0) is 14.8 Å².